The number of amides is 1. The Balaban J connectivity index is 1.77. The fourth-order valence-electron chi connectivity index (χ4n) is 2.54. The predicted octanol–water partition coefficient (Wildman–Crippen LogP) is 5.05. The lowest BCUT2D eigenvalue weighted by Gasteiger charge is -2.07. The van der Waals surface area contributed by atoms with Gasteiger partial charge in [-0.15, -0.1) is 0 Å². The highest BCUT2D eigenvalue weighted by molar-refractivity contribution is 8.18. The number of carbonyl (C=O) groups excluding carboxylic acids is 1. The van der Waals surface area contributed by atoms with Crippen molar-refractivity contribution in [3.8, 4) is 5.75 Å². The van der Waals surface area contributed by atoms with Crippen molar-refractivity contribution >= 4 is 34.6 Å². The van der Waals surface area contributed by atoms with E-state index in [9.17, 15) is 4.79 Å². The number of hydrogen-bond donors (Lipinski definition) is 0. The molecule has 1 heterocycles. The summed E-state index contributed by atoms with van der Waals surface area (Å²) in [6.45, 7) is 6.22. The van der Waals surface area contributed by atoms with Crippen LogP contribution < -0.4 is 4.74 Å². The molecule has 1 saturated heterocycles. The van der Waals surface area contributed by atoms with Gasteiger partial charge in [0.25, 0.3) is 5.91 Å². The van der Waals surface area contributed by atoms with Crippen LogP contribution in [0, 0.1) is 0 Å². The van der Waals surface area contributed by atoms with Gasteiger partial charge in [0.2, 0.25) is 0 Å². The fraction of sp³-hybridized carbons (Fsp3) is 0.182. The quantitative estimate of drug-likeness (QED) is 0.522. The van der Waals surface area contributed by atoms with Gasteiger partial charge in [0.05, 0.1) is 10.6 Å². The fourth-order valence-corrected chi connectivity index (χ4v) is 3.52. The number of hydrogen-bond acceptors (Lipinski definition) is 4. The average molecular weight is 378 g/mol. The molecule has 27 heavy (non-hydrogen) atoms. The highest BCUT2D eigenvalue weighted by atomic mass is 32.2. The molecule has 0 N–H and O–H groups in total. The van der Waals surface area contributed by atoms with Crippen molar-refractivity contribution in [2.24, 2.45) is 4.99 Å². The first-order valence-corrected chi connectivity index (χ1v) is 9.61. The van der Waals surface area contributed by atoms with Crippen LogP contribution in [0.1, 0.15) is 18.1 Å². The predicted molar refractivity (Wildman–Crippen MR) is 113 cm³/mol. The summed E-state index contributed by atoms with van der Waals surface area (Å²) in [4.78, 5) is 19.4. The Kier molecular flexibility index (Phi) is 6.14. The third kappa shape index (κ3) is 4.68. The Bertz CT molecular complexity index is 884. The summed E-state index contributed by atoms with van der Waals surface area (Å²) in [5, 5.41) is 0.682. The zero-order chi connectivity index (χ0) is 19.2. The number of amidine groups is 1. The zero-order valence-electron chi connectivity index (χ0n) is 15.5. The molecule has 0 unspecified atom stereocenters. The number of benzene rings is 2. The molecule has 0 atom stereocenters. The number of nitrogens with zero attached hydrogens (tertiary/aromatic N) is 2. The maximum Gasteiger partial charge on any atom is 0.266 e. The molecule has 1 amide bonds. The smallest absolute Gasteiger partial charge is 0.266 e. The van der Waals surface area contributed by atoms with Gasteiger partial charge in [-0.1, -0.05) is 43.8 Å². The summed E-state index contributed by atoms with van der Waals surface area (Å²) >= 11 is 1.39. The normalized spacial score (nSPS) is 17.0. The molecule has 2 aromatic carbocycles. The van der Waals surface area contributed by atoms with Crippen molar-refractivity contribution in [3.63, 3.8) is 0 Å². The second kappa shape index (κ2) is 8.73. The van der Waals surface area contributed by atoms with Gasteiger partial charge in [0.15, 0.2) is 5.17 Å². The Morgan fingerprint density at radius 2 is 1.85 bits per heavy atom. The summed E-state index contributed by atoms with van der Waals surface area (Å²) in [7, 11) is 1.75. The van der Waals surface area contributed by atoms with Crippen LogP contribution >= 0.6 is 11.8 Å². The SMILES string of the molecule is C=CCOc1ccc(/C=C2/SC(=Nc3ccc(CC)cc3)N(C)C2=O)cc1. The molecule has 2 aromatic rings. The largest absolute Gasteiger partial charge is 0.490 e. The molecule has 1 fully saturated rings. The minimum Gasteiger partial charge on any atom is -0.490 e. The van der Waals surface area contributed by atoms with Crippen molar-refractivity contribution in [1.29, 1.82) is 0 Å². The molecule has 0 aromatic heterocycles. The van der Waals surface area contributed by atoms with E-state index >= 15 is 0 Å². The second-order valence-electron chi connectivity index (χ2n) is 6.06. The van der Waals surface area contributed by atoms with E-state index < -0.39 is 0 Å². The molecule has 1 aliphatic heterocycles. The van der Waals surface area contributed by atoms with Gasteiger partial charge in [0.1, 0.15) is 12.4 Å². The van der Waals surface area contributed by atoms with Crippen molar-refractivity contribution in [3.05, 3.63) is 77.2 Å². The molecule has 138 valence electrons. The van der Waals surface area contributed by atoms with Crippen LogP contribution in [-0.4, -0.2) is 29.6 Å². The topological polar surface area (TPSA) is 41.9 Å². The molecule has 0 radical (unpaired) electrons. The Labute approximate surface area is 164 Å². The number of aliphatic imine (C=N–C) groups is 1. The van der Waals surface area contributed by atoms with E-state index in [4.69, 9.17) is 4.74 Å². The Morgan fingerprint density at radius 1 is 1.15 bits per heavy atom. The lowest BCUT2D eigenvalue weighted by Crippen LogP contribution is -2.23. The van der Waals surface area contributed by atoms with Crippen LogP contribution in [-0.2, 0) is 11.2 Å². The minimum atomic E-state index is -0.0455. The van der Waals surface area contributed by atoms with E-state index in [-0.39, 0.29) is 5.91 Å². The highest BCUT2D eigenvalue weighted by Crippen LogP contribution is 2.33. The Hall–Kier alpha value is -2.79. The lowest BCUT2D eigenvalue weighted by atomic mass is 10.2. The summed E-state index contributed by atoms with van der Waals surface area (Å²) in [5.41, 5.74) is 3.06. The molecule has 0 saturated carbocycles. The molecule has 0 aliphatic carbocycles. The summed E-state index contributed by atoms with van der Waals surface area (Å²) < 4.78 is 5.48. The Morgan fingerprint density at radius 3 is 2.48 bits per heavy atom. The summed E-state index contributed by atoms with van der Waals surface area (Å²) in [6, 6.07) is 15.7. The first kappa shape index (κ1) is 19.0. The van der Waals surface area contributed by atoms with Gasteiger partial charge in [-0.05, 0) is 59.7 Å². The van der Waals surface area contributed by atoms with Crippen LogP contribution in [0.5, 0.6) is 5.75 Å². The molecule has 5 heteroatoms. The van der Waals surface area contributed by atoms with E-state index in [1.54, 1.807) is 18.0 Å². The van der Waals surface area contributed by atoms with Crippen LogP contribution in [0.2, 0.25) is 0 Å². The van der Waals surface area contributed by atoms with Crippen molar-refractivity contribution < 1.29 is 9.53 Å². The van der Waals surface area contributed by atoms with E-state index in [0.29, 0.717) is 16.7 Å². The molecular weight excluding hydrogens is 356 g/mol. The van der Waals surface area contributed by atoms with E-state index in [1.165, 1.54) is 17.3 Å². The van der Waals surface area contributed by atoms with Gasteiger partial charge >= 0.3 is 0 Å². The molecule has 3 rings (SSSR count). The third-order valence-electron chi connectivity index (χ3n) is 4.12. The van der Waals surface area contributed by atoms with Crippen LogP contribution in [0.15, 0.2) is 71.1 Å². The van der Waals surface area contributed by atoms with Gasteiger partial charge in [-0.3, -0.25) is 9.69 Å². The van der Waals surface area contributed by atoms with Gasteiger partial charge in [0, 0.05) is 7.05 Å². The number of carbonyl (C=O) groups is 1. The van der Waals surface area contributed by atoms with E-state index in [0.717, 1.165) is 23.4 Å². The number of aryl methyl sites for hydroxylation is 1. The second-order valence-corrected chi connectivity index (χ2v) is 7.07. The van der Waals surface area contributed by atoms with Crippen LogP contribution in [0.3, 0.4) is 0 Å². The van der Waals surface area contributed by atoms with E-state index in [1.807, 2.05) is 42.5 Å². The number of thioether (sulfide) groups is 1. The number of ether oxygens (including phenoxy) is 1. The van der Waals surface area contributed by atoms with Gasteiger partial charge in [-0.25, -0.2) is 4.99 Å². The maximum absolute atomic E-state index is 12.5. The van der Waals surface area contributed by atoms with Crippen molar-refractivity contribution in [1.82, 2.24) is 4.90 Å². The molecule has 4 nitrogen and oxygen atoms in total. The standard InChI is InChI=1S/C22H22N2O2S/c1-4-14-26-19-12-8-17(9-13-19)15-20-21(25)24(3)22(27-20)23-18-10-6-16(5-2)7-11-18/h4,6-13,15H,1,5,14H2,2-3H3/b20-15+,23-22?. The number of likely N-dealkylation sites (N-methyl/N-ethyl adjacent to an activating group) is 1. The zero-order valence-corrected chi connectivity index (χ0v) is 16.3. The average Bonchev–Trinajstić information content (AvgIpc) is 2.96. The lowest BCUT2D eigenvalue weighted by molar-refractivity contribution is -0.121. The molecule has 1 aliphatic rings. The summed E-state index contributed by atoms with van der Waals surface area (Å²) in [6.07, 6.45) is 4.58. The molecule has 0 bridgehead atoms. The van der Waals surface area contributed by atoms with Crippen molar-refractivity contribution in [2.75, 3.05) is 13.7 Å². The van der Waals surface area contributed by atoms with E-state index in [2.05, 4.69) is 30.6 Å². The number of rotatable bonds is 6. The first-order chi connectivity index (χ1) is 13.1. The van der Waals surface area contributed by atoms with Gasteiger partial charge < -0.3 is 4.74 Å². The van der Waals surface area contributed by atoms with Crippen LogP contribution in [0.4, 0.5) is 5.69 Å². The monoisotopic (exact) mass is 378 g/mol. The van der Waals surface area contributed by atoms with Gasteiger partial charge in [-0.2, -0.15) is 0 Å². The maximum atomic E-state index is 12.5. The van der Waals surface area contributed by atoms with Crippen LogP contribution in [0.25, 0.3) is 6.08 Å². The minimum absolute atomic E-state index is 0.0455. The summed E-state index contributed by atoms with van der Waals surface area (Å²) in [5.74, 6) is 0.730. The highest BCUT2D eigenvalue weighted by Gasteiger charge is 2.30. The third-order valence-corrected chi connectivity index (χ3v) is 5.18. The first-order valence-electron chi connectivity index (χ1n) is 8.79. The molecular formula is C22H22N2O2S. The molecule has 0 spiro atoms. The van der Waals surface area contributed by atoms with Crippen molar-refractivity contribution in [2.45, 2.75) is 13.3 Å².